The summed E-state index contributed by atoms with van der Waals surface area (Å²) in [5.74, 6) is -1.68. The SMILES string of the molecule is CCc1ccc(C(=O)O)c(O)c1C#N. The lowest BCUT2D eigenvalue weighted by Crippen LogP contribution is -2.00. The van der Waals surface area contributed by atoms with E-state index in [0.717, 1.165) is 0 Å². The maximum atomic E-state index is 10.6. The molecular weight excluding hydrogens is 182 g/mol. The summed E-state index contributed by atoms with van der Waals surface area (Å²) >= 11 is 0. The van der Waals surface area contributed by atoms with E-state index in [1.807, 2.05) is 6.92 Å². The van der Waals surface area contributed by atoms with E-state index >= 15 is 0 Å². The van der Waals surface area contributed by atoms with Gasteiger partial charge in [0.25, 0.3) is 0 Å². The van der Waals surface area contributed by atoms with Crippen LogP contribution in [0.3, 0.4) is 0 Å². The Morgan fingerprint density at radius 1 is 1.57 bits per heavy atom. The fraction of sp³-hybridized carbons (Fsp3) is 0.200. The predicted octanol–water partition coefficient (Wildman–Crippen LogP) is 1.52. The van der Waals surface area contributed by atoms with Crippen molar-refractivity contribution in [1.29, 1.82) is 5.26 Å². The third kappa shape index (κ3) is 1.52. The Labute approximate surface area is 81.0 Å². The van der Waals surface area contributed by atoms with Crippen LogP contribution in [0.5, 0.6) is 5.75 Å². The second kappa shape index (κ2) is 3.79. The average Bonchev–Trinajstić information content (AvgIpc) is 2.16. The van der Waals surface area contributed by atoms with Crippen LogP contribution in [0.15, 0.2) is 12.1 Å². The smallest absolute Gasteiger partial charge is 0.339 e. The number of aromatic hydroxyl groups is 1. The first kappa shape index (κ1) is 10.1. The van der Waals surface area contributed by atoms with Gasteiger partial charge in [0.15, 0.2) is 0 Å². The molecule has 0 amide bonds. The average molecular weight is 191 g/mol. The summed E-state index contributed by atoms with van der Waals surface area (Å²) in [4.78, 5) is 10.6. The molecular formula is C10H9NO3. The van der Waals surface area contributed by atoms with Gasteiger partial charge in [-0.25, -0.2) is 4.79 Å². The van der Waals surface area contributed by atoms with Crippen molar-refractivity contribution in [3.63, 3.8) is 0 Å². The number of carboxylic acids is 1. The van der Waals surface area contributed by atoms with Crippen molar-refractivity contribution in [2.24, 2.45) is 0 Å². The molecule has 72 valence electrons. The summed E-state index contributed by atoms with van der Waals surface area (Å²) in [5, 5.41) is 26.9. The van der Waals surface area contributed by atoms with Gasteiger partial charge in [0, 0.05) is 0 Å². The topological polar surface area (TPSA) is 81.3 Å². The van der Waals surface area contributed by atoms with E-state index in [-0.39, 0.29) is 11.1 Å². The maximum Gasteiger partial charge on any atom is 0.339 e. The molecule has 0 radical (unpaired) electrons. The number of carboxylic acid groups (broad SMARTS) is 1. The number of rotatable bonds is 2. The molecule has 0 unspecified atom stereocenters. The normalized spacial score (nSPS) is 9.43. The number of nitriles is 1. The molecule has 1 aromatic rings. The largest absolute Gasteiger partial charge is 0.506 e. The van der Waals surface area contributed by atoms with E-state index in [1.165, 1.54) is 6.07 Å². The fourth-order valence-electron chi connectivity index (χ4n) is 1.22. The minimum Gasteiger partial charge on any atom is -0.506 e. The van der Waals surface area contributed by atoms with E-state index in [2.05, 4.69) is 0 Å². The molecule has 4 heteroatoms. The van der Waals surface area contributed by atoms with Crippen LogP contribution in [-0.2, 0) is 6.42 Å². The van der Waals surface area contributed by atoms with Crippen LogP contribution in [-0.4, -0.2) is 16.2 Å². The highest BCUT2D eigenvalue weighted by atomic mass is 16.4. The summed E-state index contributed by atoms with van der Waals surface area (Å²) in [6.45, 7) is 1.83. The third-order valence-electron chi connectivity index (χ3n) is 1.99. The number of nitrogens with zero attached hydrogens (tertiary/aromatic N) is 1. The molecule has 0 spiro atoms. The number of carbonyl (C=O) groups is 1. The van der Waals surface area contributed by atoms with Gasteiger partial charge in [-0.05, 0) is 18.1 Å². The summed E-state index contributed by atoms with van der Waals surface area (Å²) in [6.07, 6.45) is 0.580. The molecule has 0 bridgehead atoms. The Morgan fingerprint density at radius 3 is 2.64 bits per heavy atom. The van der Waals surface area contributed by atoms with E-state index in [4.69, 9.17) is 10.4 Å². The zero-order valence-electron chi connectivity index (χ0n) is 7.61. The highest BCUT2D eigenvalue weighted by Crippen LogP contribution is 2.25. The molecule has 0 aromatic heterocycles. The lowest BCUT2D eigenvalue weighted by molar-refractivity contribution is 0.0693. The Balaban J connectivity index is 3.44. The van der Waals surface area contributed by atoms with Gasteiger partial charge in [0.2, 0.25) is 0 Å². The van der Waals surface area contributed by atoms with Gasteiger partial charge in [-0.3, -0.25) is 0 Å². The Kier molecular flexibility index (Phi) is 2.73. The number of phenols is 1. The number of hydrogen-bond donors (Lipinski definition) is 2. The van der Waals surface area contributed by atoms with Crippen molar-refractivity contribution < 1.29 is 15.0 Å². The summed E-state index contributed by atoms with van der Waals surface area (Å²) < 4.78 is 0. The summed E-state index contributed by atoms with van der Waals surface area (Å²) in [6, 6.07) is 4.64. The molecule has 14 heavy (non-hydrogen) atoms. The molecule has 0 fully saturated rings. The Morgan fingerprint density at radius 2 is 2.21 bits per heavy atom. The second-order valence-corrected chi connectivity index (χ2v) is 2.77. The standard InChI is InChI=1S/C10H9NO3/c1-2-6-3-4-7(10(13)14)9(12)8(6)5-11/h3-4,12H,2H2,1H3,(H,13,14). The van der Waals surface area contributed by atoms with Crippen molar-refractivity contribution in [2.45, 2.75) is 13.3 Å². The van der Waals surface area contributed by atoms with Crippen molar-refractivity contribution in [2.75, 3.05) is 0 Å². The minimum atomic E-state index is -1.23. The van der Waals surface area contributed by atoms with Gasteiger partial charge in [0.1, 0.15) is 17.4 Å². The molecule has 1 rings (SSSR count). The van der Waals surface area contributed by atoms with Crippen LogP contribution < -0.4 is 0 Å². The van der Waals surface area contributed by atoms with Crippen LogP contribution in [0.2, 0.25) is 0 Å². The van der Waals surface area contributed by atoms with Gasteiger partial charge >= 0.3 is 5.97 Å². The highest BCUT2D eigenvalue weighted by Gasteiger charge is 2.15. The lowest BCUT2D eigenvalue weighted by atomic mass is 10.0. The number of aryl methyl sites for hydroxylation is 1. The monoisotopic (exact) mass is 191 g/mol. The second-order valence-electron chi connectivity index (χ2n) is 2.77. The molecule has 0 aliphatic heterocycles. The molecule has 0 atom stereocenters. The quantitative estimate of drug-likeness (QED) is 0.742. The molecule has 0 heterocycles. The van der Waals surface area contributed by atoms with Crippen LogP contribution in [0.4, 0.5) is 0 Å². The van der Waals surface area contributed by atoms with Gasteiger partial charge in [-0.2, -0.15) is 5.26 Å². The predicted molar refractivity (Wildman–Crippen MR) is 49.2 cm³/mol. The van der Waals surface area contributed by atoms with Gasteiger partial charge < -0.3 is 10.2 Å². The van der Waals surface area contributed by atoms with Crippen LogP contribution >= 0.6 is 0 Å². The summed E-state index contributed by atoms with van der Waals surface area (Å²) in [7, 11) is 0. The first-order chi connectivity index (χ1) is 6.61. The van der Waals surface area contributed by atoms with Crippen LogP contribution in [0.25, 0.3) is 0 Å². The van der Waals surface area contributed by atoms with Crippen molar-refractivity contribution in [1.82, 2.24) is 0 Å². The van der Waals surface area contributed by atoms with E-state index < -0.39 is 11.7 Å². The van der Waals surface area contributed by atoms with Crippen LogP contribution in [0.1, 0.15) is 28.4 Å². The van der Waals surface area contributed by atoms with Crippen molar-refractivity contribution in [3.05, 3.63) is 28.8 Å². The highest BCUT2D eigenvalue weighted by molar-refractivity contribution is 5.92. The van der Waals surface area contributed by atoms with E-state index in [1.54, 1.807) is 12.1 Å². The molecule has 0 saturated carbocycles. The maximum absolute atomic E-state index is 10.6. The Hall–Kier alpha value is -2.02. The molecule has 1 aromatic carbocycles. The molecule has 0 saturated heterocycles. The van der Waals surface area contributed by atoms with Gasteiger partial charge in [-0.1, -0.05) is 13.0 Å². The molecule has 4 nitrogen and oxygen atoms in total. The van der Waals surface area contributed by atoms with E-state index in [0.29, 0.717) is 12.0 Å². The van der Waals surface area contributed by atoms with Crippen molar-refractivity contribution in [3.8, 4) is 11.8 Å². The molecule has 2 N–H and O–H groups in total. The lowest BCUT2D eigenvalue weighted by Gasteiger charge is -2.05. The number of aromatic carboxylic acids is 1. The zero-order chi connectivity index (χ0) is 10.7. The fourth-order valence-corrected chi connectivity index (χ4v) is 1.22. The molecule has 0 aliphatic carbocycles. The number of hydrogen-bond acceptors (Lipinski definition) is 3. The third-order valence-corrected chi connectivity index (χ3v) is 1.99. The van der Waals surface area contributed by atoms with Gasteiger partial charge in [0.05, 0.1) is 5.56 Å². The van der Waals surface area contributed by atoms with Gasteiger partial charge in [-0.15, -0.1) is 0 Å². The van der Waals surface area contributed by atoms with Crippen LogP contribution in [0, 0.1) is 11.3 Å². The minimum absolute atomic E-state index is 0.0485. The first-order valence-corrected chi connectivity index (χ1v) is 4.10. The van der Waals surface area contributed by atoms with E-state index in [9.17, 15) is 9.90 Å². The number of benzene rings is 1. The zero-order valence-corrected chi connectivity index (χ0v) is 7.61. The molecule has 0 aliphatic rings. The summed E-state index contributed by atoms with van der Waals surface area (Å²) in [5.41, 5.74) is 0.459. The van der Waals surface area contributed by atoms with Crippen molar-refractivity contribution >= 4 is 5.97 Å². The first-order valence-electron chi connectivity index (χ1n) is 4.10. The Bertz CT molecular complexity index is 418.